The molecule has 2 atom stereocenters. The Bertz CT molecular complexity index is 1120. The van der Waals surface area contributed by atoms with Crippen LogP contribution in [-0.4, -0.2) is 23.6 Å². The fraction of sp³-hybridized carbons (Fsp3) is 0.240. The maximum Gasteiger partial charge on any atom is 0.213 e. The maximum absolute atomic E-state index is 6.43. The molecule has 0 N–H and O–H groups in total. The summed E-state index contributed by atoms with van der Waals surface area (Å²) in [6, 6.07) is 22.6. The van der Waals surface area contributed by atoms with Crippen molar-refractivity contribution in [3.63, 3.8) is 0 Å². The number of hydrogen-bond acceptors (Lipinski definition) is 5. The average molecular weight is 451 g/mol. The lowest BCUT2D eigenvalue weighted by Crippen LogP contribution is -2.33. The first-order valence-electron chi connectivity index (χ1n) is 10.4. The Morgan fingerprint density at radius 1 is 1.10 bits per heavy atom. The molecule has 0 fully saturated rings. The second kappa shape index (κ2) is 8.48. The summed E-state index contributed by atoms with van der Waals surface area (Å²) in [5, 5.41) is 7.81. The first-order valence-corrected chi connectivity index (χ1v) is 12.0. The van der Waals surface area contributed by atoms with E-state index in [2.05, 4.69) is 47.7 Å². The number of hydrazone groups is 1. The lowest BCUT2D eigenvalue weighted by molar-refractivity contribution is -0.0190. The first-order chi connectivity index (χ1) is 15.2. The Morgan fingerprint density at radius 3 is 2.58 bits per heavy atom. The molecular formula is C25H23ClN2O2S. The number of nitrogens with zero attached hydrogens (tertiary/aromatic N) is 2. The molecule has 0 saturated carbocycles. The van der Waals surface area contributed by atoms with Crippen molar-refractivity contribution in [3.8, 4) is 11.5 Å². The molecule has 158 valence electrons. The Morgan fingerprint density at radius 2 is 1.87 bits per heavy atom. The van der Waals surface area contributed by atoms with E-state index in [0.717, 1.165) is 40.3 Å². The highest BCUT2D eigenvalue weighted by atomic mass is 35.5. The second-order valence-corrected chi connectivity index (χ2v) is 8.85. The van der Waals surface area contributed by atoms with Crippen molar-refractivity contribution >= 4 is 29.1 Å². The maximum atomic E-state index is 6.43. The smallest absolute Gasteiger partial charge is 0.213 e. The van der Waals surface area contributed by atoms with Crippen molar-refractivity contribution in [2.75, 3.05) is 12.9 Å². The fourth-order valence-electron chi connectivity index (χ4n) is 4.13. The van der Waals surface area contributed by atoms with Gasteiger partial charge >= 0.3 is 0 Å². The van der Waals surface area contributed by atoms with E-state index in [1.54, 1.807) is 11.8 Å². The summed E-state index contributed by atoms with van der Waals surface area (Å²) in [5.74, 6) is 1.74. The number of thioether (sulfide) groups is 1. The quantitative estimate of drug-likeness (QED) is 0.405. The minimum Gasteiger partial charge on any atom is -0.494 e. The molecule has 3 aromatic rings. The Hall–Kier alpha value is -2.63. The number of hydrogen-bond donors (Lipinski definition) is 0. The monoisotopic (exact) mass is 450 g/mol. The van der Waals surface area contributed by atoms with Gasteiger partial charge in [-0.2, -0.15) is 5.10 Å². The van der Waals surface area contributed by atoms with Gasteiger partial charge in [0, 0.05) is 27.5 Å². The molecule has 4 nitrogen and oxygen atoms in total. The zero-order valence-electron chi connectivity index (χ0n) is 17.4. The molecule has 0 aromatic heterocycles. The van der Waals surface area contributed by atoms with Crippen LogP contribution in [0.4, 0.5) is 0 Å². The van der Waals surface area contributed by atoms with Crippen LogP contribution in [0.25, 0.3) is 0 Å². The predicted octanol–water partition coefficient (Wildman–Crippen LogP) is 6.70. The van der Waals surface area contributed by atoms with E-state index >= 15 is 0 Å². The van der Waals surface area contributed by atoms with Gasteiger partial charge in [0.05, 0.1) is 18.4 Å². The van der Waals surface area contributed by atoms with Gasteiger partial charge < -0.3 is 9.47 Å². The van der Waals surface area contributed by atoms with Crippen LogP contribution in [0.5, 0.6) is 11.5 Å². The summed E-state index contributed by atoms with van der Waals surface area (Å²) >= 11 is 8.06. The summed E-state index contributed by atoms with van der Waals surface area (Å²) in [7, 11) is 0. The lowest BCUT2D eigenvalue weighted by Gasteiger charge is -2.38. The summed E-state index contributed by atoms with van der Waals surface area (Å²) < 4.78 is 12.0. The molecule has 0 amide bonds. The highest BCUT2D eigenvalue weighted by Crippen LogP contribution is 2.48. The van der Waals surface area contributed by atoms with Gasteiger partial charge in [-0.05, 0) is 73.3 Å². The number of rotatable bonds is 5. The van der Waals surface area contributed by atoms with Gasteiger partial charge in [-0.3, -0.25) is 0 Å². The molecule has 0 spiro atoms. The molecule has 0 aliphatic carbocycles. The van der Waals surface area contributed by atoms with Crippen molar-refractivity contribution in [2.45, 2.75) is 30.5 Å². The van der Waals surface area contributed by atoms with Crippen LogP contribution in [0.3, 0.4) is 0 Å². The van der Waals surface area contributed by atoms with Crippen LogP contribution < -0.4 is 9.47 Å². The topological polar surface area (TPSA) is 34.1 Å². The normalized spacial score (nSPS) is 19.3. The van der Waals surface area contributed by atoms with E-state index in [9.17, 15) is 0 Å². The molecular weight excluding hydrogens is 428 g/mol. The minimum absolute atomic E-state index is 0.0780. The highest BCUT2D eigenvalue weighted by Gasteiger charge is 2.41. The zero-order valence-corrected chi connectivity index (χ0v) is 19.0. The molecule has 3 aromatic carbocycles. The van der Waals surface area contributed by atoms with Gasteiger partial charge in [0.15, 0.2) is 0 Å². The molecule has 5 rings (SSSR count). The van der Waals surface area contributed by atoms with Crippen LogP contribution in [0.1, 0.15) is 42.3 Å². The van der Waals surface area contributed by atoms with Crippen LogP contribution >= 0.6 is 23.4 Å². The van der Waals surface area contributed by atoms with Gasteiger partial charge in [-0.1, -0.05) is 23.7 Å². The van der Waals surface area contributed by atoms with Gasteiger partial charge in [-0.15, -0.1) is 11.8 Å². The first kappa shape index (κ1) is 20.3. The third kappa shape index (κ3) is 3.88. The van der Waals surface area contributed by atoms with Crippen molar-refractivity contribution in [3.05, 3.63) is 88.4 Å². The van der Waals surface area contributed by atoms with Crippen LogP contribution in [0.15, 0.2) is 76.7 Å². The Labute approximate surface area is 191 Å². The molecule has 2 aliphatic heterocycles. The van der Waals surface area contributed by atoms with Crippen LogP contribution in [-0.2, 0) is 0 Å². The van der Waals surface area contributed by atoms with E-state index in [-0.39, 0.29) is 12.3 Å². The third-order valence-corrected chi connectivity index (χ3v) is 6.63. The van der Waals surface area contributed by atoms with E-state index in [0.29, 0.717) is 11.6 Å². The number of halogens is 1. The zero-order chi connectivity index (χ0) is 21.4. The Balaban J connectivity index is 1.53. The standard InChI is InChI=1S/C25H23ClN2O2S/c1-3-29-19-9-4-16(5-10-19)22-15-23-21-14-18(26)8-13-24(21)30-25(28(23)27-22)17-6-11-20(31-2)12-7-17/h4-14,23,25H,3,15H2,1-2H3/t23-,25-/m0/s1. The van der Waals surface area contributed by atoms with Crippen molar-refractivity contribution in [2.24, 2.45) is 5.10 Å². The van der Waals surface area contributed by atoms with E-state index in [1.165, 1.54) is 4.90 Å². The molecule has 0 radical (unpaired) electrons. The van der Waals surface area contributed by atoms with Crippen LogP contribution in [0.2, 0.25) is 5.02 Å². The number of fused-ring (bicyclic) bond motifs is 3. The van der Waals surface area contributed by atoms with Gasteiger partial charge in [0.1, 0.15) is 11.5 Å². The molecule has 31 heavy (non-hydrogen) atoms. The van der Waals surface area contributed by atoms with Crippen molar-refractivity contribution in [1.82, 2.24) is 5.01 Å². The summed E-state index contributed by atoms with van der Waals surface area (Å²) in [6.07, 6.45) is 2.59. The second-order valence-electron chi connectivity index (χ2n) is 7.53. The summed E-state index contributed by atoms with van der Waals surface area (Å²) in [4.78, 5) is 1.23. The largest absolute Gasteiger partial charge is 0.494 e. The van der Waals surface area contributed by atoms with Crippen LogP contribution in [0, 0.1) is 0 Å². The van der Waals surface area contributed by atoms with E-state index in [1.807, 2.05) is 37.3 Å². The highest BCUT2D eigenvalue weighted by molar-refractivity contribution is 7.98. The van der Waals surface area contributed by atoms with E-state index < -0.39 is 0 Å². The van der Waals surface area contributed by atoms with Gasteiger partial charge in [0.25, 0.3) is 0 Å². The molecule has 0 unspecified atom stereocenters. The number of benzene rings is 3. The predicted molar refractivity (Wildman–Crippen MR) is 126 cm³/mol. The van der Waals surface area contributed by atoms with Gasteiger partial charge in [0.2, 0.25) is 6.23 Å². The molecule has 2 aliphatic rings. The summed E-state index contributed by atoms with van der Waals surface area (Å²) in [6.45, 7) is 2.64. The molecule has 0 bridgehead atoms. The Kier molecular flexibility index (Phi) is 5.55. The van der Waals surface area contributed by atoms with Crippen molar-refractivity contribution < 1.29 is 9.47 Å². The molecule has 0 saturated heterocycles. The average Bonchev–Trinajstić information content (AvgIpc) is 3.25. The third-order valence-electron chi connectivity index (χ3n) is 5.65. The molecule has 6 heteroatoms. The minimum atomic E-state index is -0.283. The number of ether oxygens (including phenoxy) is 2. The lowest BCUT2D eigenvalue weighted by atomic mass is 9.96. The SMILES string of the molecule is CCOc1ccc(C2=NN3[C@@H](C2)c2cc(Cl)ccc2O[C@H]3c2ccc(SC)cc2)cc1. The fourth-order valence-corrected chi connectivity index (χ4v) is 4.72. The van der Waals surface area contributed by atoms with Gasteiger partial charge in [-0.25, -0.2) is 5.01 Å². The van der Waals surface area contributed by atoms with Crippen molar-refractivity contribution in [1.29, 1.82) is 0 Å². The van der Waals surface area contributed by atoms with E-state index in [4.69, 9.17) is 26.2 Å². The molecule has 2 heterocycles. The summed E-state index contributed by atoms with van der Waals surface area (Å²) in [5.41, 5.74) is 4.29.